The van der Waals surface area contributed by atoms with Gasteiger partial charge in [0.15, 0.2) is 6.61 Å². The van der Waals surface area contributed by atoms with Gasteiger partial charge in [-0.3, -0.25) is 14.8 Å². The van der Waals surface area contributed by atoms with E-state index in [1.807, 2.05) is 5.32 Å². The molecule has 3 amide bonds. The lowest BCUT2D eigenvalue weighted by molar-refractivity contribution is -0.123. The second-order valence-electron chi connectivity index (χ2n) is 3.86. The molecule has 0 unspecified atom stereocenters. The van der Waals surface area contributed by atoms with Crippen LogP contribution in [0.4, 0.5) is 4.79 Å². The highest BCUT2D eigenvalue weighted by molar-refractivity contribution is 6.32. The number of amides is 3. The van der Waals surface area contributed by atoms with Gasteiger partial charge in [-0.15, -0.1) is 0 Å². The van der Waals surface area contributed by atoms with Crippen LogP contribution in [0, 0.1) is 6.92 Å². The Kier molecular flexibility index (Phi) is 5.51. The van der Waals surface area contributed by atoms with Gasteiger partial charge in [0.05, 0.1) is 5.69 Å². The van der Waals surface area contributed by atoms with Crippen LogP contribution in [-0.4, -0.2) is 40.8 Å². The van der Waals surface area contributed by atoms with Crippen LogP contribution in [0.5, 0.6) is 0 Å². The fourth-order valence-electron chi connectivity index (χ4n) is 1.43. The first kappa shape index (κ1) is 16.0. The van der Waals surface area contributed by atoms with Crippen LogP contribution in [0.3, 0.4) is 0 Å². The molecule has 9 heteroatoms. The van der Waals surface area contributed by atoms with Crippen molar-refractivity contribution in [3.05, 3.63) is 16.4 Å². The van der Waals surface area contributed by atoms with Crippen LogP contribution in [0.25, 0.3) is 0 Å². The molecule has 2 N–H and O–H groups in total. The minimum absolute atomic E-state index is 0.0972. The Morgan fingerprint density at radius 3 is 2.55 bits per heavy atom. The molecule has 20 heavy (non-hydrogen) atoms. The van der Waals surface area contributed by atoms with Gasteiger partial charge in [0, 0.05) is 13.6 Å². The van der Waals surface area contributed by atoms with Crippen LogP contribution in [0.15, 0.2) is 0 Å². The molecule has 0 aromatic carbocycles. The van der Waals surface area contributed by atoms with Crippen LogP contribution < -0.4 is 10.6 Å². The van der Waals surface area contributed by atoms with E-state index in [4.69, 9.17) is 16.3 Å². The predicted octanol–water partition coefficient (Wildman–Crippen LogP) is 0.384. The number of ether oxygens (including phenoxy) is 1. The van der Waals surface area contributed by atoms with Crippen molar-refractivity contribution in [1.29, 1.82) is 0 Å². The Balaban J connectivity index is 2.55. The van der Waals surface area contributed by atoms with E-state index >= 15 is 0 Å². The van der Waals surface area contributed by atoms with Crippen LogP contribution in [0.2, 0.25) is 5.15 Å². The van der Waals surface area contributed by atoms with Crippen molar-refractivity contribution < 1.29 is 19.1 Å². The lowest BCUT2D eigenvalue weighted by atomic mass is 10.3. The third-order valence-corrected chi connectivity index (χ3v) is 2.71. The fraction of sp³-hybridized carbons (Fsp3) is 0.455. The number of urea groups is 1. The summed E-state index contributed by atoms with van der Waals surface area (Å²) in [5, 5.41) is 8.45. The van der Waals surface area contributed by atoms with E-state index in [0.29, 0.717) is 12.2 Å². The molecule has 110 valence electrons. The molecular weight excluding hydrogens is 288 g/mol. The molecule has 0 atom stereocenters. The molecule has 0 saturated heterocycles. The SMILES string of the molecule is CCNC(=O)NC(=O)COC(=O)c1c(C)nn(C)c1Cl. The number of aromatic nitrogens is 2. The number of halogens is 1. The first-order valence-electron chi connectivity index (χ1n) is 5.80. The Labute approximate surface area is 120 Å². The number of aryl methyl sites for hydroxylation is 2. The average Bonchev–Trinajstić information content (AvgIpc) is 2.60. The van der Waals surface area contributed by atoms with Crippen molar-refractivity contribution in [1.82, 2.24) is 20.4 Å². The first-order valence-corrected chi connectivity index (χ1v) is 6.18. The summed E-state index contributed by atoms with van der Waals surface area (Å²) in [5.74, 6) is -1.51. The highest BCUT2D eigenvalue weighted by atomic mass is 35.5. The molecule has 8 nitrogen and oxygen atoms in total. The molecule has 1 heterocycles. The highest BCUT2D eigenvalue weighted by Gasteiger charge is 2.21. The van der Waals surface area contributed by atoms with Crippen LogP contribution in [0.1, 0.15) is 23.0 Å². The maximum absolute atomic E-state index is 11.8. The summed E-state index contributed by atoms with van der Waals surface area (Å²) < 4.78 is 6.10. The first-order chi connectivity index (χ1) is 9.36. The van der Waals surface area contributed by atoms with E-state index in [9.17, 15) is 14.4 Å². The smallest absolute Gasteiger partial charge is 0.343 e. The minimum Gasteiger partial charge on any atom is -0.452 e. The zero-order valence-corrected chi connectivity index (χ0v) is 12.1. The van der Waals surface area contributed by atoms with E-state index in [1.54, 1.807) is 20.9 Å². The quantitative estimate of drug-likeness (QED) is 0.783. The van der Waals surface area contributed by atoms with Crippen LogP contribution >= 0.6 is 11.6 Å². The maximum Gasteiger partial charge on any atom is 0.343 e. The standard InChI is InChI=1S/C11H15ClN4O4/c1-4-13-11(19)14-7(17)5-20-10(18)8-6(2)15-16(3)9(8)12/h4-5H2,1-3H3,(H2,13,14,17,19). The molecule has 0 fully saturated rings. The Bertz CT molecular complexity index is 541. The number of hydrogen-bond acceptors (Lipinski definition) is 5. The summed E-state index contributed by atoms with van der Waals surface area (Å²) in [6.45, 7) is 3.10. The van der Waals surface area contributed by atoms with E-state index in [0.717, 1.165) is 0 Å². The van der Waals surface area contributed by atoms with Gasteiger partial charge in [-0.25, -0.2) is 9.59 Å². The van der Waals surface area contributed by atoms with E-state index in [1.165, 1.54) is 4.68 Å². The summed E-state index contributed by atoms with van der Waals surface area (Å²) in [6, 6.07) is -0.649. The van der Waals surface area contributed by atoms with Gasteiger partial charge in [0.25, 0.3) is 5.91 Å². The summed E-state index contributed by atoms with van der Waals surface area (Å²) >= 11 is 5.88. The number of imide groups is 1. The average molecular weight is 303 g/mol. The zero-order valence-electron chi connectivity index (χ0n) is 11.3. The third kappa shape index (κ3) is 3.95. The Morgan fingerprint density at radius 2 is 2.05 bits per heavy atom. The van der Waals surface area contributed by atoms with E-state index in [2.05, 4.69) is 10.4 Å². The van der Waals surface area contributed by atoms with E-state index in [-0.39, 0.29) is 10.7 Å². The summed E-state index contributed by atoms with van der Waals surface area (Å²) in [7, 11) is 1.58. The molecule has 0 aliphatic heterocycles. The molecule has 0 saturated carbocycles. The Hall–Kier alpha value is -2.09. The number of carbonyl (C=O) groups excluding carboxylic acids is 3. The van der Waals surface area contributed by atoms with Crippen molar-refractivity contribution >= 4 is 29.5 Å². The van der Waals surface area contributed by atoms with Crippen molar-refractivity contribution in [2.75, 3.05) is 13.2 Å². The number of nitrogens with one attached hydrogen (secondary N) is 2. The second-order valence-corrected chi connectivity index (χ2v) is 4.22. The maximum atomic E-state index is 11.8. The molecular formula is C11H15ClN4O4. The van der Waals surface area contributed by atoms with Gasteiger partial charge in [-0.1, -0.05) is 11.6 Å². The monoisotopic (exact) mass is 302 g/mol. The lowest BCUT2D eigenvalue weighted by Gasteiger charge is -2.06. The minimum atomic E-state index is -0.772. The largest absolute Gasteiger partial charge is 0.452 e. The summed E-state index contributed by atoms with van der Waals surface area (Å²) in [4.78, 5) is 34.2. The Morgan fingerprint density at radius 1 is 1.40 bits per heavy atom. The summed E-state index contributed by atoms with van der Waals surface area (Å²) in [5.41, 5.74) is 0.492. The number of esters is 1. The molecule has 1 rings (SSSR count). The third-order valence-electron chi connectivity index (χ3n) is 2.28. The predicted molar refractivity (Wildman–Crippen MR) is 70.5 cm³/mol. The molecule has 1 aromatic rings. The lowest BCUT2D eigenvalue weighted by Crippen LogP contribution is -2.41. The van der Waals surface area contributed by atoms with E-state index < -0.39 is 24.5 Å². The van der Waals surface area contributed by atoms with Crippen molar-refractivity contribution in [2.45, 2.75) is 13.8 Å². The van der Waals surface area contributed by atoms with Gasteiger partial charge >= 0.3 is 12.0 Å². The number of hydrogen-bond donors (Lipinski definition) is 2. The number of nitrogens with zero attached hydrogens (tertiary/aromatic N) is 2. The van der Waals surface area contributed by atoms with Gasteiger partial charge in [0.1, 0.15) is 10.7 Å². The molecule has 0 spiro atoms. The van der Waals surface area contributed by atoms with Crippen LogP contribution in [-0.2, 0) is 16.6 Å². The van der Waals surface area contributed by atoms with Gasteiger partial charge < -0.3 is 10.1 Å². The molecule has 0 bridgehead atoms. The topological polar surface area (TPSA) is 102 Å². The molecule has 0 radical (unpaired) electrons. The van der Waals surface area contributed by atoms with Crippen molar-refractivity contribution in [2.24, 2.45) is 7.05 Å². The van der Waals surface area contributed by atoms with Gasteiger partial charge in [0.2, 0.25) is 0 Å². The summed E-state index contributed by atoms with van der Waals surface area (Å²) in [6.07, 6.45) is 0. The number of rotatable bonds is 4. The van der Waals surface area contributed by atoms with Crippen molar-refractivity contribution in [3.63, 3.8) is 0 Å². The zero-order chi connectivity index (χ0) is 15.3. The fourth-order valence-corrected chi connectivity index (χ4v) is 1.68. The number of carbonyl (C=O) groups is 3. The highest BCUT2D eigenvalue weighted by Crippen LogP contribution is 2.19. The normalized spacial score (nSPS) is 10.0. The van der Waals surface area contributed by atoms with Gasteiger partial charge in [-0.2, -0.15) is 5.10 Å². The molecule has 1 aromatic heterocycles. The second kappa shape index (κ2) is 6.90. The van der Waals surface area contributed by atoms with Crippen molar-refractivity contribution in [3.8, 4) is 0 Å². The molecule has 0 aliphatic rings. The van der Waals surface area contributed by atoms with Gasteiger partial charge in [-0.05, 0) is 13.8 Å². The molecule has 0 aliphatic carbocycles.